The molecule has 1 aromatic heterocycles. The first-order chi connectivity index (χ1) is 6.93. The summed E-state index contributed by atoms with van der Waals surface area (Å²) < 4.78 is 0. The first kappa shape index (κ1) is 8.36. The van der Waals surface area contributed by atoms with E-state index in [1.165, 1.54) is 31.4 Å². The minimum Gasteiger partial charge on any atom is -0.313 e. The van der Waals surface area contributed by atoms with Gasteiger partial charge in [-0.25, -0.2) is 9.97 Å². The molecule has 2 bridgehead atoms. The van der Waals surface area contributed by atoms with E-state index in [-0.39, 0.29) is 0 Å². The van der Waals surface area contributed by atoms with Gasteiger partial charge < -0.3 is 5.32 Å². The van der Waals surface area contributed by atoms with Gasteiger partial charge in [0.15, 0.2) is 0 Å². The van der Waals surface area contributed by atoms with Crippen LogP contribution >= 0.6 is 0 Å². The number of hydrogen-bond donors (Lipinski definition) is 1. The molecule has 74 valence electrons. The molecular formula is C11H15N3. The number of hydrogen-bond acceptors (Lipinski definition) is 3. The maximum absolute atomic E-state index is 4.10. The van der Waals surface area contributed by atoms with Crippen molar-refractivity contribution in [3.05, 3.63) is 24.3 Å². The summed E-state index contributed by atoms with van der Waals surface area (Å²) in [7, 11) is 0. The quantitative estimate of drug-likeness (QED) is 0.724. The molecule has 1 saturated carbocycles. The van der Waals surface area contributed by atoms with E-state index in [0.29, 0.717) is 12.0 Å². The van der Waals surface area contributed by atoms with Crippen LogP contribution < -0.4 is 5.32 Å². The van der Waals surface area contributed by atoms with Crippen LogP contribution in [-0.4, -0.2) is 22.6 Å². The van der Waals surface area contributed by atoms with E-state index in [9.17, 15) is 0 Å². The molecular weight excluding hydrogens is 174 g/mol. The van der Waals surface area contributed by atoms with Gasteiger partial charge in [-0.05, 0) is 37.3 Å². The van der Waals surface area contributed by atoms with Crippen molar-refractivity contribution in [1.82, 2.24) is 15.3 Å². The SMILES string of the molecule is c1ncc(C2CC3CCNC2C3)cn1. The molecule has 1 saturated heterocycles. The number of piperidine rings is 1. The average molecular weight is 189 g/mol. The van der Waals surface area contributed by atoms with Gasteiger partial charge in [-0.15, -0.1) is 0 Å². The average Bonchev–Trinajstić information content (AvgIpc) is 2.55. The van der Waals surface area contributed by atoms with Crippen LogP contribution in [-0.2, 0) is 0 Å². The van der Waals surface area contributed by atoms with Crippen molar-refractivity contribution in [3.63, 3.8) is 0 Å². The Bertz CT molecular complexity index is 312. The van der Waals surface area contributed by atoms with Crippen molar-refractivity contribution in [2.24, 2.45) is 5.92 Å². The molecule has 0 amide bonds. The van der Waals surface area contributed by atoms with Gasteiger partial charge in [-0.2, -0.15) is 0 Å². The summed E-state index contributed by atoms with van der Waals surface area (Å²) in [5.74, 6) is 1.59. The monoisotopic (exact) mass is 189 g/mol. The van der Waals surface area contributed by atoms with Crippen molar-refractivity contribution < 1.29 is 0 Å². The van der Waals surface area contributed by atoms with E-state index in [1.54, 1.807) is 6.33 Å². The van der Waals surface area contributed by atoms with E-state index in [4.69, 9.17) is 0 Å². The molecule has 2 aliphatic rings. The Morgan fingerprint density at radius 1 is 1.21 bits per heavy atom. The summed E-state index contributed by atoms with van der Waals surface area (Å²) in [5.41, 5.74) is 1.31. The molecule has 0 spiro atoms. The molecule has 3 atom stereocenters. The number of nitrogens with one attached hydrogen (secondary N) is 1. The highest BCUT2D eigenvalue weighted by atomic mass is 14.9. The van der Waals surface area contributed by atoms with Gasteiger partial charge in [0.05, 0.1) is 0 Å². The van der Waals surface area contributed by atoms with Gasteiger partial charge in [-0.1, -0.05) is 0 Å². The lowest BCUT2D eigenvalue weighted by Crippen LogP contribution is -2.35. The zero-order valence-corrected chi connectivity index (χ0v) is 8.19. The first-order valence-corrected chi connectivity index (χ1v) is 5.42. The van der Waals surface area contributed by atoms with Crippen molar-refractivity contribution in [2.75, 3.05) is 6.54 Å². The third kappa shape index (κ3) is 1.32. The lowest BCUT2D eigenvalue weighted by Gasteiger charge is -2.22. The van der Waals surface area contributed by atoms with E-state index in [0.717, 1.165) is 5.92 Å². The second-order valence-electron chi connectivity index (χ2n) is 4.47. The minimum absolute atomic E-state index is 0.656. The molecule has 2 heterocycles. The Morgan fingerprint density at radius 2 is 2.07 bits per heavy atom. The largest absolute Gasteiger partial charge is 0.313 e. The van der Waals surface area contributed by atoms with Gasteiger partial charge in [-0.3, -0.25) is 0 Å². The lowest BCUT2D eigenvalue weighted by atomic mass is 9.97. The van der Waals surface area contributed by atoms with Crippen molar-refractivity contribution in [2.45, 2.75) is 31.2 Å². The molecule has 2 fully saturated rings. The van der Waals surface area contributed by atoms with Crippen molar-refractivity contribution in [1.29, 1.82) is 0 Å². The molecule has 3 heteroatoms. The molecule has 1 aliphatic carbocycles. The van der Waals surface area contributed by atoms with Gasteiger partial charge in [0.25, 0.3) is 0 Å². The molecule has 3 rings (SSSR count). The molecule has 14 heavy (non-hydrogen) atoms. The summed E-state index contributed by atoms with van der Waals surface area (Å²) in [4.78, 5) is 8.21. The second-order valence-corrected chi connectivity index (χ2v) is 4.47. The molecule has 1 aliphatic heterocycles. The highest BCUT2D eigenvalue weighted by molar-refractivity contribution is 5.17. The number of fused-ring (bicyclic) bond motifs is 2. The Morgan fingerprint density at radius 3 is 2.86 bits per heavy atom. The van der Waals surface area contributed by atoms with E-state index >= 15 is 0 Å². The standard InChI is InChI=1S/C11H15N3/c1-2-14-11-4-8(1)3-10(11)9-5-12-7-13-6-9/h5-8,10-11,14H,1-4H2. The van der Waals surface area contributed by atoms with Crippen molar-refractivity contribution >= 4 is 0 Å². The van der Waals surface area contributed by atoms with Crippen LogP contribution in [0.25, 0.3) is 0 Å². The third-order valence-electron chi connectivity index (χ3n) is 3.63. The Labute approximate surface area is 84.0 Å². The van der Waals surface area contributed by atoms with Gasteiger partial charge in [0, 0.05) is 24.4 Å². The fourth-order valence-corrected chi connectivity index (χ4v) is 2.95. The van der Waals surface area contributed by atoms with Crippen LogP contribution in [0.1, 0.15) is 30.7 Å². The molecule has 1 aromatic rings. The van der Waals surface area contributed by atoms with Gasteiger partial charge in [0.1, 0.15) is 6.33 Å². The fourth-order valence-electron chi connectivity index (χ4n) is 2.95. The highest BCUT2D eigenvalue weighted by Crippen LogP contribution is 2.41. The summed E-state index contributed by atoms with van der Waals surface area (Å²) in [6.07, 6.45) is 9.57. The Hall–Kier alpha value is -0.960. The maximum Gasteiger partial charge on any atom is 0.115 e. The van der Waals surface area contributed by atoms with Crippen LogP contribution in [0.3, 0.4) is 0 Å². The predicted molar refractivity (Wildman–Crippen MR) is 53.9 cm³/mol. The predicted octanol–water partition coefficient (Wildman–Crippen LogP) is 1.33. The number of aromatic nitrogens is 2. The van der Waals surface area contributed by atoms with Gasteiger partial charge in [0.2, 0.25) is 0 Å². The zero-order valence-electron chi connectivity index (χ0n) is 8.19. The zero-order chi connectivity index (χ0) is 9.38. The molecule has 3 unspecified atom stereocenters. The van der Waals surface area contributed by atoms with E-state index < -0.39 is 0 Å². The number of nitrogens with zero attached hydrogens (tertiary/aromatic N) is 2. The topological polar surface area (TPSA) is 37.8 Å². The fraction of sp³-hybridized carbons (Fsp3) is 0.636. The summed E-state index contributed by atoms with van der Waals surface area (Å²) in [6.45, 7) is 1.19. The Kier molecular flexibility index (Phi) is 1.98. The van der Waals surface area contributed by atoms with Crippen LogP contribution in [0.2, 0.25) is 0 Å². The van der Waals surface area contributed by atoms with Crippen LogP contribution in [0.15, 0.2) is 18.7 Å². The summed E-state index contributed by atoms with van der Waals surface area (Å²) in [5, 5.41) is 3.60. The molecule has 1 N–H and O–H groups in total. The third-order valence-corrected chi connectivity index (χ3v) is 3.63. The smallest absolute Gasteiger partial charge is 0.115 e. The van der Waals surface area contributed by atoms with Gasteiger partial charge >= 0.3 is 0 Å². The normalized spacial score (nSPS) is 35.9. The van der Waals surface area contributed by atoms with Crippen LogP contribution in [0, 0.1) is 5.92 Å². The number of rotatable bonds is 1. The summed E-state index contributed by atoms with van der Waals surface area (Å²) >= 11 is 0. The summed E-state index contributed by atoms with van der Waals surface area (Å²) in [6, 6.07) is 0.680. The maximum atomic E-state index is 4.10. The molecule has 0 aromatic carbocycles. The van der Waals surface area contributed by atoms with Crippen LogP contribution in [0.5, 0.6) is 0 Å². The molecule has 3 nitrogen and oxygen atoms in total. The van der Waals surface area contributed by atoms with E-state index in [1.807, 2.05) is 12.4 Å². The Balaban J connectivity index is 1.86. The van der Waals surface area contributed by atoms with E-state index in [2.05, 4.69) is 15.3 Å². The molecule has 0 radical (unpaired) electrons. The van der Waals surface area contributed by atoms with Crippen LogP contribution in [0.4, 0.5) is 0 Å². The first-order valence-electron chi connectivity index (χ1n) is 5.42. The second kappa shape index (κ2) is 3.31. The minimum atomic E-state index is 0.656. The lowest BCUT2D eigenvalue weighted by molar-refractivity contribution is 0.386. The highest BCUT2D eigenvalue weighted by Gasteiger charge is 2.37. The van der Waals surface area contributed by atoms with Crippen molar-refractivity contribution in [3.8, 4) is 0 Å².